The minimum Gasteiger partial charge on any atom is -0.353 e. The lowest BCUT2D eigenvalue weighted by Crippen LogP contribution is -2.48. The molecule has 0 saturated heterocycles. The molecule has 2 aromatic rings. The molecule has 6 nitrogen and oxygen atoms in total. The van der Waals surface area contributed by atoms with Crippen molar-refractivity contribution in [2.45, 2.75) is 50.7 Å². The largest absolute Gasteiger partial charge is 0.353 e. The predicted octanol–water partition coefficient (Wildman–Crippen LogP) is 2.32. The monoisotopic (exact) mass is 452 g/mol. The number of aliphatic imine (C=N–C) groups is 1. The van der Waals surface area contributed by atoms with E-state index in [0.29, 0.717) is 18.0 Å². The summed E-state index contributed by atoms with van der Waals surface area (Å²) in [5.74, 6) is 2.61. The van der Waals surface area contributed by atoms with E-state index in [9.17, 15) is 0 Å². The van der Waals surface area contributed by atoms with Crippen molar-refractivity contribution in [3.63, 3.8) is 0 Å². The number of aryl methyl sites for hydroxylation is 1. The molecule has 1 aliphatic carbocycles. The van der Waals surface area contributed by atoms with Crippen molar-refractivity contribution < 1.29 is 0 Å². The molecule has 0 bridgehead atoms. The fourth-order valence-electron chi connectivity index (χ4n) is 3.44. The zero-order chi connectivity index (χ0) is 16.4. The van der Waals surface area contributed by atoms with Crippen LogP contribution in [0.5, 0.6) is 0 Å². The fraction of sp³-hybridized carbons (Fsp3) is 0.500. The van der Waals surface area contributed by atoms with Crippen LogP contribution in [0.4, 0.5) is 0 Å². The first kappa shape index (κ1) is 18.2. The van der Waals surface area contributed by atoms with Gasteiger partial charge in [-0.3, -0.25) is 4.99 Å². The maximum absolute atomic E-state index is 4.62. The minimum absolute atomic E-state index is 0. The van der Waals surface area contributed by atoms with Gasteiger partial charge in [0.25, 0.3) is 0 Å². The lowest BCUT2D eigenvalue weighted by atomic mass is 10.1. The predicted molar refractivity (Wildman–Crippen MR) is 109 cm³/mol. The molecule has 2 N–H and O–H groups in total. The highest BCUT2D eigenvalue weighted by Gasteiger charge is 2.39. The first-order chi connectivity index (χ1) is 11.8. The third kappa shape index (κ3) is 4.31. The van der Waals surface area contributed by atoms with Gasteiger partial charge in [0, 0.05) is 31.0 Å². The molecule has 0 amide bonds. The van der Waals surface area contributed by atoms with E-state index in [0.717, 1.165) is 37.7 Å². The van der Waals surface area contributed by atoms with E-state index >= 15 is 0 Å². The highest BCUT2D eigenvalue weighted by molar-refractivity contribution is 14.0. The van der Waals surface area contributed by atoms with Crippen molar-refractivity contribution in [1.82, 2.24) is 25.4 Å². The Morgan fingerprint density at radius 3 is 2.92 bits per heavy atom. The number of fused-ring (bicyclic) bond motifs is 1. The van der Waals surface area contributed by atoms with Crippen LogP contribution in [0.2, 0.25) is 0 Å². The van der Waals surface area contributed by atoms with Gasteiger partial charge in [0.2, 0.25) is 0 Å². The molecule has 2 aliphatic rings. The third-order valence-electron chi connectivity index (χ3n) is 4.80. The molecule has 1 saturated carbocycles. The number of hydrogen-bond acceptors (Lipinski definition) is 3. The van der Waals surface area contributed by atoms with Crippen LogP contribution >= 0.6 is 24.0 Å². The van der Waals surface area contributed by atoms with Gasteiger partial charge >= 0.3 is 0 Å². The number of nitrogens with one attached hydrogen (secondary N) is 2. The van der Waals surface area contributed by atoms with Crippen LogP contribution in [-0.2, 0) is 13.0 Å². The molecule has 1 aromatic carbocycles. The zero-order valence-electron chi connectivity index (χ0n) is 14.4. The Kier molecular flexibility index (Phi) is 5.93. The van der Waals surface area contributed by atoms with Gasteiger partial charge < -0.3 is 10.6 Å². The molecule has 2 heterocycles. The van der Waals surface area contributed by atoms with Gasteiger partial charge in [-0.05, 0) is 25.3 Å². The summed E-state index contributed by atoms with van der Waals surface area (Å²) >= 11 is 0. The number of benzene rings is 1. The lowest BCUT2D eigenvalue weighted by Gasteiger charge is -2.25. The molecule has 3 atom stereocenters. The van der Waals surface area contributed by atoms with E-state index in [1.807, 2.05) is 4.68 Å². The molecule has 1 aliphatic heterocycles. The summed E-state index contributed by atoms with van der Waals surface area (Å²) in [5, 5.41) is 11.5. The van der Waals surface area contributed by atoms with Crippen molar-refractivity contribution in [1.29, 1.82) is 0 Å². The van der Waals surface area contributed by atoms with E-state index in [-0.39, 0.29) is 24.0 Å². The van der Waals surface area contributed by atoms with Crippen LogP contribution in [-0.4, -0.2) is 39.4 Å². The maximum atomic E-state index is 4.62. The number of rotatable bonds is 4. The van der Waals surface area contributed by atoms with Gasteiger partial charge in [-0.1, -0.05) is 30.3 Å². The smallest absolute Gasteiger partial charge is 0.191 e. The van der Waals surface area contributed by atoms with Crippen LogP contribution < -0.4 is 10.6 Å². The highest BCUT2D eigenvalue weighted by atomic mass is 127. The summed E-state index contributed by atoms with van der Waals surface area (Å²) in [4.78, 5) is 8.91. The normalized spacial score (nSPS) is 24.8. The Bertz CT molecular complexity index is 713. The van der Waals surface area contributed by atoms with E-state index in [1.165, 1.54) is 12.0 Å². The average molecular weight is 452 g/mol. The third-order valence-corrected chi connectivity index (χ3v) is 4.80. The van der Waals surface area contributed by atoms with Gasteiger partial charge in [0.15, 0.2) is 5.96 Å². The van der Waals surface area contributed by atoms with Crippen molar-refractivity contribution in [3.8, 4) is 0 Å². The fourth-order valence-corrected chi connectivity index (χ4v) is 3.44. The van der Waals surface area contributed by atoms with Crippen LogP contribution in [0.1, 0.15) is 37.1 Å². The average Bonchev–Trinajstić information content (AvgIpc) is 3.21. The van der Waals surface area contributed by atoms with E-state index in [1.54, 1.807) is 6.33 Å². The quantitative estimate of drug-likeness (QED) is 0.425. The Balaban J connectivity index is 0.00000182. The Labute approximate surface area is 165 Å². The van der Waals surface area contributed by atoms with Crippen LogP contribution in [0.15, 0.2) is 41.7 Å². The first-order valence-corrected chi connectivity index (χ1v) is 8.82. The number of halogens is 1. The summed E-state index contributed by atoms with van der Waals surface area (Å²) < 4.78 is 1.99. The van der Waals surface area contributed by atoms with E-state index in [4.69, 9.17) is 0 Å². The molecule has 4 rings (SSSR count). The Morgan fingerprint density at radius 1 is 1.28 bits per heavy atom. The van der Waals surface area contributed by atoms with Crippen molar-refractivity contribution in [2.24, 2.45) is 4.99 Å². The molecule has 0 radical (unpaired) electrons. The molecule has 7 heteroatoms. The van der Waals surface area contributed by atoms with Crippen LogP contribution in [0, 0.1) is 0 Å². The second-order valence-corrected chi connectivity index (χ2v) is 6.56. The second-order valence-electron chi connectivity index (χ2n) is 6.56. The molecular formula is C18H25IN6. The summed E-state index contributed by atoms with van der Waals surface area (Å²) in [7, 11) is 0. The van der Waals surface area contributed by atoms with E-state index in [2.05, 4.69) is 63.0 Å². The molecule has 1 fully saturated rings. The maximum Gasteiger partial charge on any atom is 0.191 e. The van der Waals surface area contributed by atoms with Gasteiger partial charge in [-0.2, -0.15) is 5.10 Å². The zero-order valence-corrected chi connectivity index (χ0v) is 16.8. The van der Waals surface area contributed by atoms with Gasteiger partial charge in [0.05, 0.1) is 6.54 Å². The van der Waals surface area contributed by atoms with Crippen LogP contribution in [0.25, 0.3) is 0 Å². The van der Waals surface area contributed by atoms with E-state index < -0.39 is 0 Å². The first-order valence-electron chi connectivity index (χ1n) is 8.82. The SMILES string of the molecule is CCN=C(NC1CCc2ncnn2C1)NC1CC1c1ccccc1.I. The van der Waals surface area contributed by atoms with Gasteiger partial charge in [-0.15, -0.1) is 24.0 Å². The summed E-state index contributed by atoms with van der Waals surface area (Å²) in [6.45, 7) is 3.70. The minimum atomic E-state index is 0. The Morgan fingerprint density at radius 2 is 2.12 bits per heavy atom. The molecule has 3 unspecified atom stereocenters. The molecule has 134 valence electrons. The van der Waals surface area contributed by atoms with Crippen molar-refractivity contribution >= 4 is 29.9 Å². The standard InChI is InChI=1S/C18H24N6.HI/c1-2-19-18(22-14-8-9-17-20-12-21-24(17)11-14)23-16-10-15(16)13-6-4-3-5-7-13;/h3-7,12,14-16H,2,8-11H2,1H3,(H2,19,22,23);1H. The lowest BCUT2D eigenvalue weighted by molar-refractivity contribution is 0.392. The summed E-state index contributed by atoms with van der Waals surface area (Å²) in [5.41, 5.74) is 1.41. The van der Waals surface area contributed by atoms with Gasteiger partial charge in [-0.25, -0.2) is 9.67 Å². The number of aromatic nitrogens is 3. The summed E-state index contributed by atoms with van der Waals surface area (Å²) in [6.07, 6.45) is 4.85. The van der Waals surface area contributed by atoms with Gasteiger partial charge in [0.1, 0.15) is 12.2 Å². The second kappa shape index (κ2) is 8.16. The molecule has 1 aromatic heterocycles. The van der Waals surface area contributed by atoms with Crippen molar-refractivity contribution in [2.75, 3.05) is 6.54 Å². The molecular weight excluding hydrogens is 427 g/mol. The number of nitrogens with zero attached hydrogens (tertiary/aromatic N) is 4. The highest BCUT2D eigenvalue weighted by Crippen LogP contribution is 2.40. The molecule has 0 spiro atoms. The molecule has 25 heavy (non-hydrogen) atoms. The van der Waals surface area contributed by atoms with Crippen molar-refractivity contribution in [3.05, 3.63) is 48.0 Å². The topological polar surface area (TPSA) is 67.1 Å². The number of guanidine groups is 1. The summed E-state index contributed by atoms with van der Waals surface area (Å²) in [6, 6.07) is 11.6. The van der Waals surface area contributed by atoms with Crippen LogP contribution in [0.3, 0.4) is 0 Å². The Hall–Kier alpha value is -1.64. The number of hydrogen-bond donors (Lipinski definition) is 2.